The first-order chi connectivity index (χ1) is 8.88. The molecule has 1 aromatic rings. The molecule has 0 saturated carbocycles. The monoisotopic (exact) mass is 247 g/mol. The van der Waals surface area contributed by atoms with E-state index in [1.165, 1.54) is 18.4 Å². The SMILES string of the molecule is CCCOC[C@H]1CNC[C@@H](Cc2ccccc2)C1. The molecule has 0 amide bonds. The van der Waals surface area contributed by atoms with Gasteiger partial charge in [0.05, 0.1) is 6.61 Å². The molecule has 0 unspecified atom stereocenters. The molecule has 0 aliphatic carbocycles. The summed E-state index contributed by atoms with van der Waals surface area (Å²) in [5.41, 5.74) is 1.46. The van der Waals surface area contributed by atoms with Gasteiger partial charge in [-0.3, -0.25) is 0 Å². The van der Waals surface area contributed by atoms with E-state index in [4.69, 9.17) is 4.74 Å². The third-order valence-electron chi connectivity index (χ3n) is 3.60. The van der Waals surface area contributed by atoms with Crippen LogP contribution in [-0.4, -0.2) is 26.3 Å². The summed E-state index contributed by atoms with van der Waals surface area (Å²) in [4.78, 5) is 0. The quantitative estimate of drug-likeness (QED) is 0.780. The van der Waals surface area contributed by atoms with E-state index >= 15 is 0 Å². The Bertz CT molecular complexity index is 325. The molecular weight excluding hydrogens is 222 g/mol. The zero-order chi connectivity index (χ0) is 12.6. The fraction of sp³-hybridized carbons (Fsp3) is 0.625. The summed E-state index contributed by atoms with van der Waals surface area (Å²) in [5, 5.41) is 3.55. The van der Waals surface area contributed by atoms with E-state index in [0.29, 0.717) is 5.92 Å². The molecule has 1 fully saturated rings. The summed E-state index contributed by atoms with van der Waals surface area (Å²) in [7, 11) is 0. The number of piperidine rings is 1. The number of ether oxygens (including phenoxy) is 1. The highest BCUT2D eigenvalue weighted by molar-refractivity contribution is 5.15. The highest BCUT2D eigenvalue weighted by Crippen LogP contribution is 2.20. The van der Waals surface area contributed by atoms with Crippen LogP contribution in [0.15, 0.2) is 30.3 Å². The average Bonchev–Trinajstić information content (AvgIpc) is 2.41. The number of nitrogens with one attached hydrogen (secondary N) is 1. The molecule has 100 valence electrons. The third kappa shape index (κ3) is 4.43. The van der Waals surface area contributed by atoms with Crippen LogP contribution in [0.4, 0.5) is 0 Å². The van der Waals surface area contributed by atoms with Gasteiger partial charge in [0.1, 0.15) is 0 Å². The molecular formula is C16H25NO. The predicted molar refractivity (Wildman–Crippen MR) is 75.7 cm³/mol. The second-order valence-electron chi connectivity index (χ2n) is 5.39. The predicted octanol–water partition coefficient (Wildman–Crippen LogP) is 2.88. The summed E-state index contributed by atoms with van der Waals surface area (Å²) in [5.74, 6) is 1.45. The van der Waals surface area contributed by atoms with Crippen molar-refractivity contribution in [1.82, 2.24) is 5.32 Å². The van der Waals surface area contributed by atoms with Crippen LogP contribution in [0.25, 0.3) is 0 Å². The normalized spacial score (nSPS) is 24.1. The Morgan fingerprint density at radius 2 is 1.94 bits per heavy atom. The maximum atomic E-state index is 5.68. The summed E-state index contributed by atoms with van der Waals surface area (Å²) in [6.07, 6.45) is 3.61. The summed E-state index contributed by atoms with van der Waals surface area (Å²) < 4.78 is 5.68. The molecule has 1 heterocycles. The van der Waals surface area contributed by atoms with Crippen LogP contribution in [0.3, 0.4) is 0 Å². The van der Waals surface area contributed by atoms with E-state index in [1.54, 1.807) is 0 Å². The zero-order valence-electron chi connectivity index (χ0n) is 11.4. The van der Waals surface area contributed by atoms with Crippen LogP contribution < -0.4 is 5.32 Å². The molecule has 0 spiro atoms. The molecule has 1 aromatic carbocycles. The van der Waals surface area contributed by atoms with Crippen molar-refractivity contribution in [3.05, 3.63) is 35.9 Å². The molecule has 1 aliphatic rings. The molecule has 18 heavy (non-hydrogen) atoms. The van der Waals surface area contributed by atoms with Gasteiger partial charge in [-0.2, -0.15) is 0 Å². The number of benzene rings is 1. The van der Waals surface area contributed by atoms with E-state index < -0.39 is 0 Å². The Hall–Kier alpha value is -0.860. The van der Waals surface area contributed by atoms with Gasteiger partial charge in [-0.05, 0) is 43.2 Å². The van der Waals surface area contributed by atoms with Gasteiger partial charge < -0.3 is 10.1 Å². The van der Waals surface area contributed by atoms with Crippen molar-refractivity contribution in [3.8, 4) is 0 Å². The van der Waals surface area contributed by atoms with E-state index in [0.717, 1.165) is 38.6 Å². The highest BCUT2D eigenvalue weighted by Gasteiger charge is 2.21. The molecule has 0 bridgehead atoms. The van der Waals surface area contributed by atoms with Crippen molar-refractivity contribution in [3.63, 3.8) is 0 Å². The second kappa shape index (κ2) is 7.55. The molecule has 0 radical (unpaired) electrons. The molecule has 1 aliphatic heterocycles. The van der Waals surface area contributed by atoms with Gasteiger partial charge in [0.15, 0.2) is 0 Å². The first-order valence-corrected chi connectivity index (χ1v) is 7.21. The Morgan fingerprint density at radius 3 is 2.72 bits per heavy atom. The lowest BCUT2D eigenvalue weighted by molar-refractivity contribution is 0.0806. The summed E-state index contributed by atoms with van der Waals surface area (Å²) in [6.45, 7) is 6.26. The molecule has 1 N–H and O–H groups in total. The van der Waals surface area contributed by atoms with Crippen molar-refractivity contribution in [2.24, 2.45) is 11.8 Å². The first-order valence-electron chi connectivity index (χ1n) is 7.21. The summed E-state index contributed by atoms with van der Waals surface area (Å²) >= 11 is 0. The standard InChI is InChI=1S/C16H25NO/c1-2-8-18-13-16-10-15(11-17-12-16)9-14-6-4-3-5-7-14/h3-7,15-17H,2,8-13H2,1H3/t15-,16+/m0/s1. The molecule has 1 saturated heterocycles. The van der Waals surface area contributed by atoms with Crippen molar-refractivity contribution in [1.29, 1.82) is 0 Å². The lowest BCUT2D eigenvalue weighted by Crippen LogP contribution is -2.39. The van der Waals surface area contributed by atoms with Gasteiger partial charge in [0, 0.05) is 13.2 Å². The first kappa shape index (κ1) is 13.6. The minimum Gasteiger partial charge on any atom is -0.381 e. The van der Waals surface area contributed by atoms with Crippen LogP contribution in [-0.2, 0) is 11.2 Å². The fourth-order valence-electron chi connectivity index (χ4n) is 2.75. The second-order valence-corrected chi connectivity index (χ2v) is 5.39. The molecule has 0 aromatic heterocycles. The molecule has 2 rings (SSSR count). The lowest BCUT2D eigenvalue weighted by Gasteiger charge is -2.30. The largest absolute Gasteiger partial charge is 0.381 e. The minimum absolute atomic E-state index is 0.694. The number of hydrogen-bond donors (Lipinski definition) is 1. The van der Waals surface area contributed by atoms with Gasteiger partial charge in [-0.15, -0.1) is 0 Å². The molecule has 2 atom stereocenters. The van der Waals surface area contributed by atoms with Gasteiger partial charge >= 0.3 is 0 Å². The van der Waals surface area contributed by atoms with Gasteiger partial charge in [-0.1, -0.05) is 37.3 Å². The van der Waals surface area contributed by atoms with Crippen LogP contribution in [0.1, 0.15) is 25.3 Å². The van der Waals surface area contributed by atoms with E-state index in [2.05, 4.69) is 42.6 Å². The van der Waals surface area contributed by atoms with Crippen LogP contribution >= 0.6 is 0 Å². The molecule has 2 heteroatoms. The third-order valence-corrected chi connectivity index (χ3v) is 3.60. The maximum Gasteiger partial charge on any atom is 0.0506 e. The van der Waals surface area contributed by atoms with Crippen molar-refractivity contribution < 1.29 is 4.74 Å². The topological polar surface area (TPSA) is 21.3 Å². The molecule has 2 nitrogen and oxygen atoms in total. The van der Waals surface area contributed by atoms with E-state index in [1.807, 2.05) is 0 Å². The zero-order valence-corrected chi connectivity index (χ0v) is 11.4. The summed E-state index contributed by atoms with van der Waals surface area (Å²) in [6, 6.07) is 10.8. The van der Waals surface area contributed by atoms with E-state index in [-0.39, 0.29) is 0 Å². The Balaban J connectivity index is 1.76. The Kier molecular flexibility index (Phi) is 5.69. The maximum absolute atomic E-state index is 5.68. The lowest BCUT2D eigenvalue weighted by atomic mass is 9.86. The number of hydrogen-bond acceptors (Lipinski definition) is 2. The van der Waals surface area contributed by atoms with Gasteiger partial charge in [0.2, 0.25) is 0 Å². The van der Waals surface area contributed by atoms with Crippen LogP contribution in [0.5, 0.6) is 0 Å². The van der Waals surface area contributed by atoms with E-state index in [9.17, 15) is 0 Å². The smallest absolute Gasteiger partial charge is 0.0506 e. The van der Waals surface area contributed by atoms with Gasteiger partial charge in [-0.25, -0.2) is 0 Å². The Labute approximate surface area is 111 Å². The van der Waals surface area contributed by atoms with Crippen molar-refractivity contribution in [2.75, 3.05) is 26.3 Å². The Morgan fingerprint density at radius 1 is 1.17 bits per heavy atom. The van der Waals surface area contributed by atoms with Crippen molar-refractivity contribution in [2.45, 2.75) is 26.2 Å². The van der Waals surface area contributed by atoms with Crippen LogP contribution in [0.2, 0.25) is 0 Å². The highest BCUT2D eigenvalue weighted by atomic mass is 16.5. The van der Waals surface area contributed by atoms with Crippen LogP contribution in [0, 0.1) is 11.8 Å². The van der Waals surface area contributed by atoms with Crippen molar-refractivity contribution >= 4 is 0 Å². The fourth-order valence-corrected chi connectivity index (χ4v) is 2.75. The average molecular weight is 247 g/mol. The van der Waals surface area contributed by atoms with Gasteiger partial charge in [0.25, 0.3) is 0 Å². The minimum atomic E-state index is 0.694. The number of rotatable bonds is 6.